The van der Waals surface area contributed by atoms with Crippen molar-refractivity contribution in [2.24, 2.45) is 0 Å². The van der Waals surface area contributed by atoms with Gasteiger partial charge in [-0.25, -0.2) is 9.78 Å². The van der Waals surface area contributed by atoms with E-state index in [1.807, 2.05) is 0 Å². The molecule has 2 aromatic heterocycles. The van der Waals surface area contributed by atoms with E-state index in [2.05, 4.69) is 4.98 Å². The normalized spacial score (nSPS) is 10.6. The van der Waals surface area contributed by atoms with Gasteiger partial charge in [-0.3, -0.25) is 9.20 Å². The monoisotopic (exact) mass is 238 g/mol. The first-order chi connectivity index (χ1) is 7.65. The van der Waals surface area contributed by atoms with Crippen molar-refractivity contribution in [1.29, 1.82) is 0 Å². The molecule has 0 amide bonds. The van der Waals surface area contributed by atoms with E-state index in [1.54, 1.807) is 13.8 Å². The molecule has 0 saturated carbocycles. The second kappa shape index (κ2) is 4.05. The molecule has 0 aromatic carbocycles. The van der Waals surface area contributed by atoms with E-state index in [0.29, 0.717) is 22.1 Å². The van der Waals surface area contributed by atoms with Gasteiger partial charge in [0.15, 0.2) is 4.96 Å². The zero-order chi connectivity index (χ0) is 11.7. The summed E-state index contributed by atoms with van der Waals surface area (Å²) in [5.41, 5.74) is 0.394. The van der Waals surface area contributed by atoms with Crippen molar-refractivity contribution >= 4 is 22.3 Å². The summed E-state index contributed by atoms with van der Waals surface area (Å²) in [5.74, 6) is -0.408. The van der Waals surface area contributed by atoms with Gasteiger partial charge in [-0.15, -0.1) is 0 Å². The Labute approximate surface area is 95.3 Å². The molecule has 2 rings (SSSR count). The molecule has 0 N–H and O–H groups in total. The van der Waals surface area contributed by atoms with Crippen LogP contribution in [0.2, 0.25) is 0 Å². The molecule has 0 aliphatic heterocycles. The molecule has 0 atom stereocenters. The number of carbonyl (C=O) groups is 1. The van der Waals surface area contributed by atoms with Gasteiger partial charge in [-0.1, -0.05) is 11.3 Å². The maximum Gasteiger partial charge on any atom is 0.350 e. The van der Waals surface area contributed by atoms with Crippen LogP contribution in [0.1, 0.15) is 22.3 Å². The predicted molar refractivity (Wildman–Crippen MR) is 60.0 cm³/mol. The molecule has 2 aromatic rings. The second-order valence-corrected chi connectivity index (χ2v) is 4.12. The summed E-state index contributed by atoms with van der Waals surface area (Å²) in [6.07, 6.45) is 1.43. The van der Waals surface area contributed by atoms with E-state index in [9.17, 15) is 9.59 Å². The summed E-state index contributed by atoms with van der Waals surface area (Å²) >= 11 is 1.16. The SMILES string of the molecule is CCOC(=O)c1sc2nccc(=O)n2c1C. The molecule has 0 fully saturated rings. The zero-order valence-corrected chi connectivity index (χ0v) is 9.71. The number of esters is 1. The molecular weight excluding hydrogens is 228 g/mol. The first kappa shape index (κ1) is 10.8. The molecule has 0 spiro atoms. The second-order valence-electron chi connectivity index (χ2n) is 3.14. The molecule has 5 nitrogen and oxygen atoms in total. The topological polar surface area (TPSA) is 60.7 Å². The summed E-state index contributed by atoms with van der Waals surface area (Å²) in [7, 11) is 0. The summed E-state index contributed by atoms with van der Waals surface area (Å²) in [4.78, 5) is 28.1. The van der Waals surface area contributed by atoms with Crippen LogP contribution < -0.4 is 5.56 Å². The van der Waals surface area contributed by atoms with Crippen molar-refractivity contribution in [1.82, 2.24) is 9.38 Å². The third-order valence-electron chi connectivity index (χ3n) is 2.13. The lowest BCUT2D eigenvalue weighted by Gasteiger charge is -1.98. The maximum absolute atomic E-state index is 11.6. The Kier molecular flexibility index (Phi) is 2.74. The first-order valence-corrected chi connectivity index (χ1v) is 5.61. The first-order valence-electron chi connectivity index (χ1n) is 4.79. The number of thiazole rings is 1. The lowest BCUT2D eigenvalue weighted by atomic mass is 10.4. The van der Waals surface area contributed by atoms with Gasteiger partial charge in [0.1, 0.15) is 4.88 Å². The quantitative estimate of drug-likeness (QED) is 0.738. The zero-order valence-electron chi connectivity index (χ0n) is 8.89. The summed E-state index contributed by atoms with van der Waals surface area (Å²) in [6.45, 7) is 3.76. The average molecular weight is 238 g/mol. The molecule has 16 heavy (non-hydrogen) atoms. The third-order valence-corrected chi connectivity index (χ3v) is 3.27. The summed E-state index contributed by atoms with van der Waals surface area (Å²) in [6, 6.07) is 1.36. The molecule has 6 heteroatoms. The average Bonchev–Trinajstić information content (AvgIpc) is 2.58. The largest absolute Gasteiger partial charge is 0.462 e. The number of carbonyl (C=O) groups excluding carboxylic acids is 1. The summed E-state index contributed by atoms with van der Waals surface area (Å²) in [5, 5.41) is 0. The number of nitrogens with zero attached hydrogens (tertiary/aromatic N) is 2. The lowest BCUT2D eigenvalue weighted by Crippen LogP contribution is -2.13. The van der Waals surface area contributed by atoms with Gasteiger partial charge in [-0.05, 0) is 13.8 Å². The van der Waals surface area contributed by atoms with Gasteiger partial charge in [0.05, 0.1) is 12.3 Å². The van der Waals surface area contributed by atoms with Crippen molar-refractivity contribution in [2.75, 3.05) is 6.61 Å². The number of hydrogen-bond donors (Lipinski definition) is 0. The molecular formula is C10H10N2O3S. The minimum atomic E-state index is -0.408. The Bertz CT molecular complexity index is 600. The number of hydrogen-bond acceptors (Lipinski definition) is 5. The molecule has 0 radical (unpaired) electrons. The van der Waals surface area contributed by atoms with Crippen LogP contribution in [0.25, 0.3) is 4.96 Å². The van der Waals surface area contributed by atoms with Crippen LogP contribution in [0.4, 0.5) is 0 Å². The smallest absolute Gasteiger partial charge is 0.350 e. The number of ether oxygens (including phenoxy) is 1. The van der Waals surface area contributed by atoms with Crippen LogP contribution in [0, 0.1) is 6.92 Å². The fourth-order valence-electron chi connectivity index (χ4n) is 1.42. The van der Waals surface area contributed by atoms with E-state index in [4.69, 9.17) is 4.74 Å². The number of aromatic nitrogens is 2. The van der Waals surface area contributed by atoms with Gasteiger partial charge >= 0.3 is 5.97 Å². The highest BCUT2D eigenvalue weighted by Gasteiger charge is 2.17. The molecule has 0 bridgehead atoms. The van der Waals surface area contributed by atoms with E-state index in [0.717, 1.165) is 11.3 Å². The molecule has 0 aliphatic carbocycles. The standard InChI is InChI=1S/C10H10N2O3S/c1-3-15-9(14)8-6(2)12-7(13)4-5-11-10(12)16-8/h4-5H,3H2,1-2H3. The van der Waals surface area contributed by atoms with Gasteiger partial charge in [0.2, 0.25) is 0 Å². The van der Waals surface area contributed by atoms with Crippen LogP contribution in [0.5, 0.6) is 0 Å². The highest BCUT2D eigenvalue weighted by Crippen LogP contribution is 2.20. The Morgan fingerprint density at radius 3 is 3.00 bits per heavy atom. The molecule has 2 heterocycles. The Morgan fingerprint density at radius 2 is 2.38 bits per heavy atom. The summed E-state index contributed by atoms with van der Waals surface area (Å²) < 4.78 is 6.32. The van der Waals surface area contributed by atoms with Crippen molar-refractivity contribution in [3.63, 3.8) is 0 Å². The van der Waals surface area contributed by atoms with Crippen LogP contribution >= 0.6 is 11.3 Å². The molecule has 0 aliphatic rings. The highest BCUT2D eigenvalue weighted by molar-refractivity contribution is 7.18. The van der Waals surface area contributed by atoms with Gasteiger partial charge in [-0.2, -0.15) is 0 Å². The van der Waals surface area contributed by atoms with Gasteiger partial charge < -0.3 is 4.74 Å². The van der Waals surface area contributed by atoms with Crippen LogP contribution in [0.3, 0.4) is 0 Å². The molecule has 84 valence electrons. The molecule has 0 saturated heterocycles. The Hall–Kier alpha value is -1.69. The minimum absolute atomic E-state index is 0.186. The van der Waals surface area contributed by atoms with Gasteiger partial charge in [0.25, 0.3) is 5.56 Å². The van der Waals surface area contributed by atoms with Gasteiger partial charge in [0, 0.05) is 12.3 Å². The maximum atomic E-state index is 11.6. The van der Waals surface area contributed by atoms with Crippen molar-refractivity contribution in [2.45, 2.75) is 13.8 Å². The van der Waals surface area contributed by atoms with Crippen LogP contribution in [-0.4, -0.2) is 22.0 Å². The molecule has 0 unspecified atom stereocenters. The minimum Gasteiger partial charge on any atom is -0.462 e. The lowest BCUT2D eigenvalue weighted by molar-refractivity contribution is 0.0531. The highest BCUT2D eigenvalue weighted by atomic mass is 32.1. The Balaban J connectivity index is 2.65. The fraction of sp³-hybridized carbons (Fsp3) is 0.300. The van der Waals surface area contributed by atoms with Crippen molar-refractivity contribution < 1.29 is 9.53 Å². The number of rotatable bonds is 2. The van der Waals surface area contributed by atoms with Crippen molar-refractivity contribution in [3.8, 4) is 0 Å². The van der Waals surface area contributed by atoms with E-state index < -0.39 is 5.97 Å². The van der Waals surface area contributed by atoms with E-state index in [-0.39, 0.29) is 5.56 Å². The van der Waals surface area contributed by atoms with Crippen LogP contribution in [0.15, 0.2) is 17.1 Å². The Morgan fingerprint density at radius 1 is 1.62 bits per heavy atom. The van der Waals surface area contributed by atoms with Crippen LogP contribution in [-0.2, 0) is 4.74 Å². The third kappa shape index (κ3) is 1.61. The van der Waals surface area contributed by atoms with E-state index >= 15 is 0 Å². The fourth-order valence-corrected chi connectivity index (χ4v) is 2.42. The van der Waals surface area contributed by atoms with Crippen molar-refractivity contribution in [3.05, 3.63) is 33.2 Å². The predicted octanol–water partition coefficient (Wildman–Crippen LogP) is 1.24. The number of fused-ring (bicyclic) bond motifs is 1. The van der Waals surface area contributed by atoms with E-state index in [1.165, 1.54) is 16.7 Å². The number of aryl methyl sites for hydroxylation is 1.